The molecule has 13 heavy (non-hydrogen) atoms. The molecule has 1 N–H and O–H groups in total. The van der Waals surface area contributed by atoms with Crippen LogP contribution in [0.1, 0.15) is 33.6 Å². The van der Waals surface area contributed by atoms with Gasteiger partial charge < -0.3 is 5.32 Å². The Bertz CT molecular complexity index is 176. The number of rotatable bonds is 4. The van der Waals surface area contributed by atoms with Gasteiger partial charge in [0, 0.05) is 11.8 Å². The van der Waals surface area contributed by atoms with Crippen LogP contribution in [-0.2, 0) is 0 Å². The Morgan fingerprint density at radius 1 is 1.46 bits per heavy atom. The smallest absolute Gasteiger partial charge is 0.156 e. The molecular weight excluding hydrogens is 180 g/mol. The normalized spacial score (nSPS) is 18.9. The number of nitrogens with one attached hydrogen (secondary N) is 1. The summed E-state index contributed by atoms with van der Waals surface area (Å²) in [5.41, 5.74) is 0. The molecule has 0 bridgehead atoms. The average Bonchev–Trinajstić information content (AvgIpc) is 2.59. The van der Waals surface area contributed by atoms with Gasteiger partial charge in [-0.3, -0.25) is 4.99 Å². The summed E-state index contributed by atoms with van der Waals surface area (Å²) in [6.07, 6.45) is 2.51. The summed E-state index contributed by atoms with van der Waals surface area (Å²) < 4.78 is 0. The predicted molar refractivity (Wildman–Crippen MR) is 61.4 cm³/mol. The summed E-state index contributed by atoms with van der Waals surface area (Å²) in [5.74, 6) is 1.93. The first-order valence-electron chi connectivity index (χ1n) is 5.21. The summed E-state index contributed by atoms with van der Waals surface area (Å²) in [6, 6.07) is 0.569. The highest BCUT2D eigenvalue weighted by Crippen LogP contribution is 2.16. The molecule has 1 unspecified atom stereocenters. The standard InChI is InChI=1S/C10H20N2S/c1-4-9(5-2)8(3)12-10-11-6-7-13-10/h8-9H,4-7H2,1-3H3,(H,11,12). The first kappa shape index (κ1) is 10.9. The van der Waals surface area contributed by atoms with E-state index in [0.29, 0.717) is 6.04 Å². The van der Waals surface area contributed by atoms with Gasteiger partial charge in [0.1, 0.15) is 0 Å². The molecule has 1 rings (SSSR count). The lowest BCUT2D eigenvalue weighted by molar-refractivity contribution is 0.392. The van der Waals surface area contributed by atoms with Crippen molar-refractivity contribution in [1.82, 2.24) is 5.32 Å². The van der Waals surface area contributed by atoms with E-state index in [2.05, 4.69) is 31.1 Å². The van der Waals surface area contributed by atoms with E-state index in [1.165, 1.54) is 12.8 Å². The lowest BCUT2D eigenvalue weighted by atomic mass is 9.96. The third-order valence-corrected chi connectivity index (χ3v) is 3.60. The fraction of sp³-hybridized carbons (Fsp3) is 0.900. The first-order chi connectivity index (χ1) is 6.27. The number of hydrogen-bond donors (Lipinski definition) is 1. The molecule has 1 aliphatic heterocycles. The van der Waals surface area contributed by atoms with Gasteiger partial charge in [-0.1, -0.05) is 38.5 Å². The molecule has 76 valence electrons. The van der Waals surface area contributed by atoms with E-state index in [-0.39, 0.29) is 0 Å². The van der Waals surface area contributed by atoms with E-state index >= 15 is 0 Å². The highest BCUT2D eigenvalue weighted by molar-refractivity contribution is 8.14. The number of thioether (sulfide) groups is 1. The van der Waals surface area contributed by atoms with Gasteiger partial charge in [0.2, 0.25) is 0 Å². The van der Waals surface area contributed by atoms with E-state index in [9.17, 15) is 0 Å². The molecule has 3 heteroatoms. The summed E-state index contributed by atoms with van der Waals surface area (Å²) in [4.78, 5) is 4.40. The van der Waals surface area contributed by atoms with Crippen LogP contribution in [0.25, 0.3) is 0 Å². The van der Waals surface area contributed by atoms with Crippen molar-refractivity contribution in [2.45, 2.75) is 39.7 Å². The van der Waals surface area contributed by atoms with Crippen LogP contribution in [0.2, 0.25) is 0 Å². The zero-order valence-corrected chi connectivity index (χ0v) is 9.66. The molecule has 0 saturated heterocycles. The van der Waals surface area contributed by atoms with Crippen LogP contribution < -0.4 is 5.32 Å². The third-order valence-electron chi connectivity index (χ3n) is 2.69. The van der Waals surface area contributed by atoms with Crippen LogP contribution in [-0.4, -0.2) is 23.5 Å². The van der Waals surface area contributed by atoms with Gasteiger partial charge in [-0.25, -0.2) is 0 Å². The van der Waals surface area contributed by atoms with E-state index in [0.717, 1.165) is 23.4 Å². The first-order valence-corrected chi connectivity index (χ1v) is 6.20. The van der Waals surface area contributed by atoms with Gasteiger partial charge >= 0.3 is 0 Å². The Morgan fingerprint density at radius 2 is 2.15 bits per heavy atom. The van der Waals surface area contributed by atoms with Gasteiger partial charge in [0.25, 0.3) is 0 Å². The van der Waals surface area contributed by atoms with Gasteiger partial charge in [-0.15, -0.1) is 0 Å². The Labute approximate surface area is 85.6 Å². The third kappa shape index (κ3) is 3.22. The van der Waals surface area contributed by atoms with Crippen molar-refractivity contribution in [2.24, 2.45) is 10.9 Å². The highest BCUT2D eigenvalue weighted by Gasteiger charge is 2.16. The lowest BCUT2D eigenvalue weighted by Crippen LogP contribution is -2.35. The summed E-state index contributed by atoms with van der Waals surface area (Å²) in [5, 5.41) is 4.65. The molecule has 0 aromatic rings. The minimum absolute atomic E-state index is 0.569. The van der Waals surface area contributed by atoms with E-state index in [1.807, 2.05) is 11.8 Å². The number of aliphatic imine (C=N–C) groups is 1. The second-order valence-electron chi connectivity index (χ2n) is 3.54. The van der Waals surface area contributed by atoms with Crippen LogP contribution in [0, 0.1) is 5.92 Å². The van der Waals surface area contributed by atoms with Crippen LogP contribution in [0.5, 0.6) is 0 Å². The topological polar surface area (TPSA) is 24.4 Å². The van der Waals surface area contributed by atoms with Crippen molar-refractivity contribution < 1.29 is 0 Å². The van der Waals surface area contributed by atoms with Crippen LogP contribution in [0.4, 0.5) is 0 Å². The molecule has 0 aromatic carbocycles. The molecule has 0 saturated carbocycles. The van der Waals surface area contributed by atoms with Gasteiger partial charge in [0.05, 0.1) is 6.54 Å². The molecule has 0 spiro atoms. The SMILES string of the molecule is CCC(CC)C(C)NC1=NCCS1. The minimum atomic E-state index is 0.569. The molecule has 0 aliphatic carbocycles. The number of hydrogen-bond acceptors (Lipinski definition) is 3. The molecule has 0 radical (unpaired) electrons. The minimum Gasteiger partial charge on any atom is -0.362 e. The largest absolute Gasteiger partial charge is 0.362 e. The molecule has 2 nitrogen and oxygen atoms in total. The van der Waals surface area contributed by atoms with Gasteiger partial charge in [-0.2, -0.15) is 0 Å². The molecule has 0 fully saturated rings. The number of amidine groups is 1. The molecule has 1 atom stereocenters. The monoisotopic (exact) mass is 200 g/mol. The van der Waals surface area contributed by atoms with E-state index in [4.69, 9.17) is 0 Å². The molecule has 0 aromatic heterocycles. The van der Waals surface area contributed by atoms with Crippen LogP contribution >= 0.6 is 11.8 Å². The Kier molecular flexibility index (Phi) is 4.64. The van der Waals surface area contributed by atoms with Crippen molar-refractivity contribution in [1.29, 1.82) is 0 Å². The maximum absolute atomic E-state index is 4.40. The zero-order chi connectivity index (χ0) is 9.68. The Balaban J connectivity index is 2.34. The second-order valence-corrected chi connectivity index (χ2v) is 4.63. The fourth-order valence-corrected chi connectivity index (χ4v) is 2.56. The maximum atomic E-state index is 4.40. The molecule has 0 amide bonds. The van der Waals surface area contributed by atoms with E-state index < -0.39 is 0 Å². The molecular formula is C10H20N2S. The van der Waals surface area contributed by atoms with Gasteiger partial charge in [0.15, 0.2) is 5.17 Å². The summed E-state index contributed by atoms with van der Waals surface area (Å²) in [6.45, 7) is 7.77. The maximum Gasteiger partial charge on any atom is 0.156 e. The average molecular weight is 200 g/mol. The summed E-state index contributed by atoms with van der Waals surface area (Å²) in [7, 11) is 0. The van der Waals surface area contributed by atoms with Crippen LogP contribution in [0.15, 0.2) is 4.99 Å². The van der Waals surface area contributed by atoms with Crippen molar-refractivity contribution >= 4 is 16.9 Å². The summed E-state index contributed by atoms with van der Waals surface area (Å²) >= 11 is 1.85. The van der Waals surface area contributed by atoms with Crippen LogP contribution in [0.3, 0.4) is 0 Å². The molecule has 1 heterocycles. The Hall–Kier alpha value is -0.180. The lowest BCUT2D eigenvalue weighted by Gasteiger charge is -2.22. The molecule has 1 aliphatic rings. The second kappa shape index (κ2) is 5.53. The Morgan fingerprint density at radius 3 is 2.62 bits per heavy atom. The van der Waals surface area contributed by atoms with Crippen molar-refractivity contribution in [3.8, 4) is 0 Å². The highest BCUT2D eigenvalue weighted by atomic mass is 32.2. The van der Waals surface area contributed by atoms with Crippen molar-refractivity contribution in [2.75, 3.05) is 12.3 Å². The predicted octanol–water partition coefficient (Wildman–Crippen LogP) is 2.50. The number of nitrogens with zero attached hydrogens (tertiary/aromatic N) is 1. The van der Waals surface area contributed by atoms with E-state index in [1.54, 1.807) is 0 Å². The quantitative estimate of drug-likeness (QED) is 0.754. The van der Waals surface area contributed by atoms with Crippen molar-refractivity contribution in [3.63, 3.8) is 0 Å². The zero-order valence-electron chi connectivity index (χ0n) is 8.84. The van der Waals surface area contributed by atoms with Gasteiger partial charge in [-0.05, 0) is 12.8 Å². The fourth-order valence-electron chi connectivity index (χ4n) is 1.73. The van der Waals surface area contributed by atoms with Crippen molar-refractivity contribution in [3.05, 3.63) is 0 Å².